The van der Waals surface area contributed by atoms with E-state index in [1.54, 1.807) is 23.1 Å². The fraction of sp³-hybridized carbons (Fsp3) is 0.579. The minimum Gasteiger partial charge on any atom is -0.494 e. The molecule has 1 N–H and O–H groups in total. The van der Waals surface area contributed by atoms with Gasteiger partial charge in [-0.05, 0) is 49.8 Å². The zero-order valence-corrected chi connectivity index (χ0v) is 14.1. The second-order valence-electron chi connectivity index (χ2n) is 6.79. The highest BCUT2D eigenvalue weighted by molar-refractivity contribution is 5.97. The third kappa shape index (κ3) is 3.25. The Morgan fingerprint density at radius 2 is 2.08 bits per heavy atom. The number of hydrogen-bond donors (Lipinski definition) is 1. The van der Waals surface area contributed by atoms with Gasteiger partial charge in [0.25, 0.3) is 5.91 Å². The van der Waals surface area contributed by atoms with E-state index in [0.717, 1.165) is 32.1 Å². The van der Waals surface area contributed by atoms with E-state index < -0.39 is 12.0 Å². The van der Waals surface area contributed by atoms with E-state index >= 15 is 0 Å². The van der Waals surface area contributed by atoms with Crippen LogP contribution in [0.3, 0.4) is 0 Å². The Labute approximate surface area is 142 Å². The van der Waals surface area contributed by atoms with Gasteiger partial charge in [-0.25, -0.2) is 4.79 Å². The van der Waals surface area contributed by atoms with Crippen molar-refractivity contribution in [1.82, 2.24) is 4.90 Å². The van der Waals surface area contributed by atoms with Crippen LogP contribution in [0.2, 0.25) is 0 Å². The highest BCUT2D eigenvalue weighted by Crippen LogP contribution is 2.40. The van der Waals surface area contributed by atoms with Gasteiger partial charge in [0.2, 0.25) is 0 Å². The number of hydrogen-bond acceptors (Lipinski definition) is 3. The summed E-state index contributed by atoms with van der Waals surface area (Å²) in [7, 11) is 0. The molecule has 0 radical (unpaired) electrons. The number of likely N-dealkylation sites (tertiary alicyclic amines) is 1. The van der Waals surface area contributed by atoms with Gasteiger partial charge in [-0.3, -0.25) is 4.79 Å². The Hall–Kier alpha value is -2.04. The molecule has 1 amide bonds. The van der Waals surface area contributed by atoms with Crippen molar-refractivity contribution in [2.75, 3.05) is 6.61 Å². The largest absolute Gasteiger partial charge is 0.494 e. The lowest BCUT2D eigenvalue weighted by molar-refractivity contribution is -0.141. The molecule has 1 saturated heterocycles. The maximum atomic E-state index is 13.0. The van der Waals surface area contributed by atoms with Crippen LogP contribution in [-0.2, 0) is 4.79 Å². The number of carbonyl (C=O) groups excluding carboxylic acids is 1. The summed E-state index contributed by atoms with van der Waals surface area (Å²) in [6.07, 6.45) is 5.61. The van der Waals surface area contributed by atoms with Gasteiger partial charge in [-0.2, -0.15) is 0 Å². The fourth-order valence-corrected chi connectivity index (χ4v) is 4.06. The molecule has 1 aromatic rings. The number of carbonyl (C=O) groups is 2. The van der Waals surface area contributed by atoms with Gasteiger partial charge in [0.15, 0.2) is 0 Å². The van der Waals surface area contributed by atoms with E-state index in [-0.39, 0.29) is 11.9 Å². The van der Waals surface area contributed by atoms with E-state index in [1.165, 1.54) is 0 Å². The van der Waals surface area contributed by atoms with Crippen molar-refractivity contribution in [3.05, 3.63) is 29.8 Å². The number of fused-ring (bicyclic) bond motifs is 1. The summed E-state index contributed by atoms with van der Waals surface area (Å²) in [5.41, 5.74) is 0.515. The van der Waals surface area contributed by atoms with Crippen LogP contribution in [0, 0.1) is 5.92 Å². The molecule has 2 aliphatic rings. The van der Waals surface area contributed by atoms with Crippen molar-refractivity contribution < 1.29 is 19.4 Å². The molecule has 1 aliphatic carbocycles. The van der Waals surface area contributed by atoms with E-state index in [2.05, 4.69) is 0 Å². The monoisotopic (exact) mass is 331 g/mol. The number of benzene rings is 1. The highest BCUT2D eigenvalue weighted by Gasteiger charge is 2.47. The summed E-state index contributed by atoms with van der Waals surface area (Å²) < 4.78 is 5.60. The molecule has 3 unspecified atom stereocenters. The van der Waals surface area contributed by atoms with Crippen LogP contribution in [-0.4, -0.2) is 40.6 Å². The molecule has 5 nitrogen and oxygen atoms in total. The summed E-state index contributed by atoms with van der Waals surface area (Å²) in [6.45, 7) is 2.63. The predicted molar refractivity (Wildman–Crippen MR) is 90.2 cm³/mol. The zero-order chi connectivity index (χ0) is 17.1. The van der Waals surface area contributed by atoms with Crippen LogP contribution in [0.4, 0.5) is 0 Å². The molecule has 1 aliphatic heterocycles. The average Bonchev–Trinajstić information content (AvgIpc) is 2.99. The summed E-state index contributed by atoms with van der Waals surface area (Å²) in [5.74, 6) is -0.0906. The van der Waals surface area contributed by atoms with Crippen LogP contribution >= 0.6 is 0 Å². The maximum Gasteiger partial charge on any atom is 0.326 e. The van der Waals surface area contributed by atoms with Crippen LogP contribution in [0.5, 0.6) is 5.75 Å². The molecule has 1 aromatic carbocycles. The number of amides is 1. The Kier molecular flexibility index (Phi) is 5.07. The van der Waals surface area contributed by atoms with Crippen molar-refractivity contribution in [1.29, 1.82) is 0 Å². The number of ether oxygens (including phenoxy) is 1. The SMILES string of the molecule is CCCOc1cccc(C(=O)N2C(C(=O)O)CC3CCCCC32)c1. The molecule has 3 rings (SSSR count). The van der Waals surface area contributed by atoms with Gasteiger partial charge in [-0.1, -0.05) is 25.8 Å². The topological polar surface area (TPSA) is 66.8 Å². The van der Waals surface area contributed by atoms with Crippen molar-refractivity contribution in [3.8, 4) is 5.75 Å². The second-order valence-corrected chi connectivity index (χ2v) is 6.79. The van der Waals surface area contributed by atoms with Gasteiger partial charge >= 0.3 is 5.97 Å². The van der Waals surface area contributed by atoms with Crippen molar-refractivity contribution in [2.45, 2.75) is 57.5 Å². The first kappa shape index (κ1) is 16.8. The molecule has 3 atom stereocenters. The number of aliphatic carboxylic acids is 1. The van der Waals surface area contributed by atoms with Gasteiger partial charge in [0.1, 0.15) is 11.8 Å². The van der Waals surface area contributed by atoms with Gasteiger partial charge in [0.05, 0.1) is 6.61 Å². The standard InChI is InChI=1S/C19H25NO4/c1-2-10-24-15-8-5-7-14(11-15)18(21)20-16-9-4-3-6-13(16)12-17(20)19(22)23/h5,7-8,11,13,16-17H,2-4,6,9-10,12H2,1H3,(H,22,23). The second kappa shape index (κ2) is 7.24. The van der Waals surface area contributed by atoms with Crippen LogP contribution in [0.1, 0.15) is 55.8 Å². The maximum absolute atomic E-state index is 13.0. The molecule has 0 aromatic heterocycles. The molecule has 24 heavy (non-hydrogen) atoms. The Morgan fingerprint density at radius 3 is 2.83 bits per heavy atom. The number of carboxylic acids is 1. The minimum atomic E-state index is -0.892. The summed E-state index contributed by atoms with van der Waals surface area (Å²) in [6, 6.07) is 6.46. The Bertz CT molecular complexity index is 615. The van der Waals surface area contributed by atoms with E-state index in [4.69, 9.17) is 4.74 Å². The minimum absolute atomic E-state index is 0.0626. The molecule has 0 bridgehead atoms. The fourth-order valence-electron chi connectivity index (χ4n) is 4.06. The molecule has 2 fully saturated rings. The zero-order valence-electron chi connectivity index (χ0n) is 14.1. The number of carboxylic acid groups (broad SMARTS) is 1. The average molecular weight is 331 g/mol. The first-order valence-electron chi connectivity index (χ1n) is 8.90. The van der Waals surface area contributed by atoms with Crippen molar-refractivity contribution in [2.24, 2.45) is 5.92 Å². The predicted octanol–water partition coefficient (Wildman–Crippen LogP) is 3.33. The van der Waals surface area contributed by atoms with Gasteiger partial charge in [0, 0.05) is 11.6 Å². The molecule has 130 valence electrons. The van der Waals surface area contributed by atoms with E-state index in [9.17, 15) is 14.7 Å². The highest BCUT2D eigenvalue weighted by atomic mass is 16.5. The first-order chi connectivity index (χ1) is 11.6. The Balaban J connectivity index is 1.85. The molecular weight excluding hydrogens is 306 g/mol. The smallest absolute Gasteiger partial charge is 0.326 e. The normalized spacial score (nSPS) is 26.0. The molecule has 0 spiro atoms. The van der Waals surface area contributed by atoms with E-state index in [0.29, 0.717) is 30.3 Å². The third-order valence-corrected chi connectivity index (χ3v) is 5.16. The van der Waals surface area contributed by atoms with Crippen molar-refractivity contribution in [3.63, 3.8) is 0 Å². The van der Waals surface area contributed by atoms with Crippen LogP contribution < -0.4 is 4.74 Å². The van der Waals surface area contributed by atoms with Gasteiger partial charge < -0.3 is 14.7 Å². The first-order valence-corrected chi connectivity index (χ1v) is 8.90. The molecule has 5 heteroatoms. The third-order valence-electron chi connectivity index (χ3n) is 5.16. The Morgan fingerprint density at radius 1 is 1.29 bits per heavy atom. The number of rotatable bonds is 5. The molecule has 1 heterocycles. The molecule has 1 saturated carbocycles. The summed E-state index contributed by atoms with van der Waals surface area (Å²) in [4.78, 5) is 26.4. The summed E-state index contributed by atoms with van der Waals surface area (Å²) >= 11 is 0. The van der Waals surface area contributed by atoms with Crippen LogP contribution in [0.15, 0.2) is 24.3 Å². The number of nitrogens with zero attached hydrogens (tertiary/aromatic N) is 1. The quantitative estimate of drug-likeness (QED) is 0.898. The van der Waals surface area contributed by atoms with Crippen LogP contribution in [0.25, 0.3) is 0 Å². The van der Waals surface area contributed by atoms with Crippen molar-refractivity contribution >= 4 is 11.9 Å². The lowest BCUT2D eigenvalue weighted by atomic mass is 9.84. The lowest BCUT2D eigenvalue weighted by Gasteiger charge is -2.33. The lowest BCUT2D eigenvalue weighted by Crippen LogP contribution is -2.46. The van der Waals surface area contributed by atoms with E-state index in [1.807, 2.05) is 13.0 Å². The molecular formula is C19H25NO4. The summed E-state index contributed by atoms with van der Waals surface area (Å²) in [5, 5.41) is 9.58. The van der Waals surface area contributed by atoms with Gasteiger partial charge in [-0.15, -0.1) is 0 Å².